The highest BCUT2D eigenvalue weighted by atomic mass is 16.7. The molecule has 2 rings (SSSR count). The van der Waals surface area contributed by atoms with E-state index in [-0.39, 0.29) is 12.5 Å². The van der Waals surface area contributed by atoms with Gasteiger partial charge in [0.1, 0.15) is 18.1 Å². The number of benzene rings is 2. The zero-order valence-corrected chi connectivity index (χ0v) is 15.6. The van der Waals surface area contributed by atoms with Crippen molar-refractivity contribution in [2.24, 2.45) is 0 Å². The molecule has 0 fully saturated rings. The van der Waals surface area contributed by atoms with Gasteiger partial charge in [0.15, 0.2) is 0 Å². The first-order valence-electron chi connectivity index (χ1n) is 8.49. The second kappa shape index (κ2) is 9.47. The minimum Gasteiger partial charge on any atom is -0.496 e. The Bertz CT molecular complexity index is 805. The van der Waals surface area contributed by atoms with E-state index in [1.165, 1.54) is 12.0 Å². The summed E-state index contributed by atoms with van der Waals surface area (Å²) in [4.78, 5) is 24.9. The first kappa shape index (κ1) is 20.1. The van der Waals surface area contributed by atoms with Gasteiger partial charge in [-0.15, -0.1) is 0 Å². The molecule has 0 aliphatic carbocycles. The number of anilines is 1. The first-order chi connectivity index (χ1) is 13.0. The van der Waals surface area contributed by atoms with Crippen molar-refractivity contribution in [3.05, 3.63) is 53.6 Å². The molecule has 0 saturated heterocycles. The molecule has 0 aliphatic heterocycles. The van der Waals surface area contributed by atoms with Crippen molar-refractivity contribution < 1.29 is 28.9 Å². The summed E-state index contributed by atoms with van der Waals surface area (Å²) in [5.74, 6) is 0.907. The number of amides is 1. The standard InChI is InChI=1S/C20H23NO6/c1-4-10-26-17-7-5-6-14(12-17)19(22)21(2)16-8-9-18(25-3)15(11-16)13-27-20(23)24/h5-9,11-12H,4,10,13H2,1-3H3,(H,23,24). The molecular weight excluding hydrogens is 350 g/mol. The van der Waals surface area contributed by atoms with Crippen LogP contribution in [0, 0.1) is 0 Å². The minimum absolute atomic E-state index is 0.172. The van der Waals surface area contributed by atoms with Crippen molar-refractivity contribution in [1.82, 2.24) is 0 Å². The van der Waals surface area contributed by atoms with Crippen LogP contribution in [0.1, 0.15) is 29.3 Å². The van der Waals surface area contributed by atoms with Crippen LogP contribution in [0.3, 0.4) is 0 Å². The average Bonchev–Trinajstić information content (AvgIpc) is 2.69. The second-order valence-electron chi connectivity index (χ2n) is 5.79. The van der Waals surface area contributed by atoms with Crippen LogP contribution in [0.15, 0.2) is 42.5 Å². The van der Waals surface area contributed by atoms with Crippen molar-refractivity contribution in [2.45, 2.75) is 20.0 Å². The van der Waals surface area contributed by atoms with Gasteiger partial charge in [-0.25, -0.2) is 4.79 Å². The molecule has 27 heavy (non-hydrogen) atoms. The lowest BCUT2D eigenvalue weighted by Gasteiger charge is -2.20. The fourth-order valence-corrected chi connectivity index (χ4v) is 2.48. The van der Waals surface area contributed by atoms with E-state index >= 15 is 0 Å². The summed E-state index contributed by atoms with van der Waals surface area (Å²) in [6.45, 7) is 2.42. The molecule has 0 radical (unpaired) electrons. The maximum atomic E-state index is 12.8. The van der Waals surface area contributed by atoms with E-state index in [0.29, 0.717) is 34.9 Å². The summed E-state index contributed by atoms with van der Waals surface area (Å²) in [6.07, 6.45) is -0.499. The van der Waals surface area contributed by atoms with Gasteiger partial charge in [0.05, 0.1) is 13.7 Å². The summed E-state index contributed by atoms with van der Waals surface area (Å²) in [5.41, 5.74) is 1.60. The average molecular weight is 373 g/mol. The van der Waals surface area contributed by atoms with Gasteiger partial charge in [0.2, 0.25) is 0 Å². The molecule has 0 atom stereocenters. The van der Waals surface area contributed by atoms with Gasteiger partial charge in [0, 0.05) is 23.9 Å². The summed E-state index contributed by atoms with van der Waals surface area (Å²) < 4.78 is 15.4. The molecule has 0 saturated carbocycles. The molecule has 0 bridgehead atoms. The number of carbonyl (C=O) groups excluding carboxylic acids is 1. The zero-order valence-electron chi connectivity index (χ0n) is 15.6. The monoisotopic (exact) mass is 373 g/mol. The van der Waals surface area contributed by atoms with Gasteiger partial charge >= 0.3 is 6.16 Å². The maximum Gasteiger partial charge on any atom is 0.506 e. The highest BCUT2D eigenvalue weighted by molar-refractivity contribution is 6.06. The van der Waals surface area contributed by atoms with Gasteiger partial charge in [-0.3, -0.25) is 4.79 Å². The smallest absolute Gasteiger partial charge is 0.496 e. The number of hydrogen-bond acceptors (Lipinski definition) is 5. The Balaban J connectivity index is 2.23. The number of carbonyl (C=O) groups is 2. The Hall–Kier alpha value is -3.22. The van der Waals surface area contributed by atoms with Crippen LogP contribution < -0.4 is 14.4 Å². The largest absolute Gasteiger partial charge is 0.506 e. The van der Waals surface area contributed by atoms with Crippen LogP contribution in [0.4, 0.5) is 10.5 Å². The van der Waals surface area contributed by atoms with E-state index < -0.39 is 6.16 Å². The van der Waals surface area contributed by atoms with Crippen LogP contribution in [0.2, 0.25) is 0 Å². The number of rotatable bonds is 8. The lowest BCUT2D eigenvalue weighted by Crippen LogP contribution is -2.26. The summed E-state index contributed by atoms with van der Waals surface area (Å²) in [5, 5.41) is 8.70. The molecule has 7 heteroatoms. The highest BCUT2D eigenvalue weighted by Gasteiger charge is 2.16. The molecule has 1 amide bonds. The molecule has 1 N–H and O–H groups in total. The third-order valence-electron chi connectivity index (χ3n) is 3.86. The molecule has 7 nitrogen and oxygen atoms in total. The molecule has 2 aromatic carbocycles. The Labute approximate surface area is 158 Å². The van der Waals surface area contributed by atoms with Gasteiger partial charge in [-0.1, -0.05) is 13.0 Å². The van der Waals surface area contributed by atoms with Crippen molar-refractivity contribution in [3.8, 4) is 11.5 Å². The van der Waals surface area contributed by atoms with E-state index in [9.17, 15) is 9.59 Å². The predicted octanol–water partition coefficient (Wildman–Crippen LogP) is 3.96. The number of methoxy groups -OCH3 is 1. The summed E-state index contributed by atoms with van der Waals surface area (Å²) >= 11 is 0. The maximum absolute atomic E-state index is 12.8. The number of nitrogens with zero attached hydrogens (tertiary/aromatic N) is 1. The fourth-order valence-electron chi connectivity index (χ4n) is 2.48. The van der Waals surface area contributed by atoms with Gasteiger partial charge in [0.25, 0.3) is 5.91 Å². The summed E-state index contributed by atoms with van der Waals surface area (Å²) in [7, 11) is 3.13. The normalized spacial score (nSPS) is 10.2. The van der Waals surface area contributed by atoms with E-state index in [1.54, 1.807) is 49.5 Å². The Morgan fingerprint density at radius 3 is 2.59 bits per heavy atom. The molecule has 0 aliphatic rings. The summed E-state index contributed by atoms with van der Waals surface area (Å²) in [6, 6.07) is 12.0. The van der Waals surface area contributed by atoms with Crippen LogP contribution in [-0.4, -0.2) is 37.9 Å². The van der Waals surface area contributed by atoms with E-state index in [0.717, 1.165) is 6.42 Å². The van der Waals surface area contributed by atoms with Gasteiger partial charge in [-0.2, -0.15) is 0 Å². The van der Waals surface area contributed by atoms with Gasteiger partial charge < -0.3 is 24.2 Å². The van der Waals surface area contributed by atoms with Crippen molar-refractivity contribution in [3.63, 3.8) is 0 Å². The quantitative estimate of drug-likeness (QED) is 0.705. The number of hydrogen-bond donors (Lipinski definition) is 1. The third kappa shape index (κ3) is 5.37. The zero-order chi connectivity index (χ0) is 19.8. The van der Waals surface area contributed by atoms with E-state index in [4.69, 9.17) is 14.6 Å². The van der Waals surface area contributed by atoms with Crippen molar-refractivity contribution in [2.75, 3.05) is 25.7 Å². The number of carboxylic acid groups (broad SMARTS) is 1. The molecule has 0 spiro atoms. The fraction of sp³-hybridized carbons (Fsp3) is 0.300. The first-order valence-corrected chi connectivity index (χ1v) is 8.49. The van der Waals surface area contributed by atoms with Crippen molar-refractivity contribution in [1.29, 1.82) is 0 Å². The van der Waals surface area contributed by atoms with E-state index in [2.05, 4.69) is 4.74 Å². The van der Waals surface area contributed by atoms with Crippen LogP contribution in [0.5, 0.6) is 11.5 Å². The lowest BCUT2D eigenvalue weighted by molar-refractivity contribution is 0.0846. The molecule has 2 aromatic rings. The van der Waals surface area contributed by atoms with Gasteiger partial charge in [-0.05, 0) is 42.8 Å². The van der Waals surface area contributed by atoms with Crippen LogP contribution in [-0.2, 0) is 11.3 Å². The minimum atomic E-state index is -1.38. The molecule has 0 heterocycles. The van der Waals surface area contributed by atoms with Crippen molar-refractivity contribution >= 4 is 17.7 Å². The third-order valence-corrected chi connectivity index (χ3v) is 3.86. The number of ether oxygens (including phenoxy) is 3. The molecule has 144 valence electrons. The second-order valence-corrected chi connectivity index (χ2v) is 5.79. The highest BCUT2D eigenvalue weighted by Crippen LogP contribution is 2.26. The Morgan fingerprint density at radius 2 is 1.93 bits per heavy atom. The van der Waals surface area contributed by atoms with E-state index in [1.807, 2.05) is 6.92 Å². The predicted molar refractivity (Wildman–Crippen MR) is 101 cm³/mol. The molecular formula is C20H23NO6. The molecule has 0 aromatic heterocycles. The van der Waals surface area contributed by atoms with Crippen LogP contribution >= 0.6 is 0 Å². The molecule has 0 unspecified atom stereocenters. The lowest BCUT2D eigenvalue weighted by atomic mass is 10.1. The van der Waals surface area contributed by atoms with Crippen LogP contribution in [0.25, 0.3) is 0 Å². The topological polar surface area (TPSA) is 85.3 Å². The Morgan fingerprint density at radius 1 is 1.15 bits per heavy atom. The SMILES string of the molecule is CCCOc1cccc(C(=O)N(C)c2ccc(OC)c(COC(=O)O)c2)c1. The Kier molecular flexibility index (Phi) is 7.05.